The number of allylic oxidation sites excluding steroid dienone is 12. The predicted molar refractivity (Wildman–Crippen MR) is 219 cm³/mol. The van der Waals surface area contributed by atoms with Crippen LogP contribution in [0.25, 0.3) is 0 Å². The third-order valence-corrected chi connectivity index (χ3v) is 8.58. The number of aliphatic hydroxyl groups is 2. The Labute approximate surface area is 326 Å². The summed E-state index contributed by atoms with van der Waals surface area (Å²) in [7, 11) is -4.83. The minimum atomic E-state index is -4.83. The van der Waals surface area contributed by atoms with Gasteiger partial charge in [0.25, 0.3) is 0 Å². The summed E-state index contributed by atoms with van der Waals surface area (Å²) in [4.78, 5) is 42.8. The Morgan fingerprint density at radius 1 is 0.574 bits per heavy atom. The monoisotopic (exact) mass is 778 g/mol. The Morgan fingerprint density at radius 2 is 1.07 bits per heavy atom. The second-order valence-corrected chi connectivity index (χ2v) is 14.5. The molecule has 308 valence electrons. The van der Waals surface area contributed by atoms with E-state index >= 15 is 0 Å². The first-order valence-corrected chi connectivity index (χ1v) is 21.6. The quantitative estimate of drug-likeness (QED) is 0.0160. The van der Waals surface area contributed by atoms with Gasteiger partial charge in [0, 0.05) is 12.8 Å². The van der Waals surface area contributed by atoms with Crippen LogP contribution in [0.2, 0.25) is 0 Å². The van der Waals surface area contributed by atoms with Crippen LogP contribution in [-0.2, 0) is 28.2 Å². The predicted octanol–water partition coefficient (Wildman–Crippen LogP) is 10.0. The molecule has 0 bridgehead atoms. The molecule has 0 aromatic rings. The van der Waals surface area contributed by atoms with Crippen LogP contribution in [0.1, 0.15) is 142 Å². The molecule has 0 amide bonds. The number of carbonyl (C=O) groups excluding carboxylic acids is 2. The molecule has 11 heteroatoms. The summed E-state index contributed by atoms with van der Waals surface area (Å²) in [6, 6.07) is 0. The van der Waals surface area contributed by atoms with Gasteiger partial charge < -0.3 is 29.5 Å². The standard InChI is InChI=1S/C43H71O10P/c1-3-5-7-8-9-10-11-12-13-14-15-16-17-18-22-25-29-35-42(46)51-37-41(38-52-54(48,49)50)53-43(47)36-30-34-40(45)33-28-24-21-19-20-23-27-32-39(44)31-26-6-4-2/h12-13,15-16,18,20-24,27-28,32-33,39-41,44-45H,3-11,14,17,19,25-26,29-31,34-38H2,1-2H3,(H2,48,49,50)/b13-12-,16-15-,22-18-,23-20-,24-21-,32-27+,33-28+/t39-,40-,41-/m1/s1. The summed E-state index contributed by atoms with van der Waals surface area (Å²) in [5, 5.41) is 20.1. The molecule has 10 nitrogen and oxygen atoms in total. The number of esters is 2. The van der Waals surface area contributed by atoms with Gasteiger partial charge in [0.1, 0.15) is 6.61 Å². The molecular formula is C43H71O10P. The van der Waals surface area contributed by atoms with Gasteiger partial charge in [-0.15, -0.1) is 0 Å². The smallest absolute Gasteiger partial charge is 0.462 e. The van der Waals surface area contributed by atoms with E-state index < -0.39 is 51.3 Å². The number of phosphoric ester groups is 1. The lowest BCUT2D eigenvalue weighted by molar-refractivity contribution is -0.161. The second kappa shape index (κ2) is 37.1. The van der Waals surface area contributed by atoms with E-state index in [1.807, 2.05) is 42.5 Å². The Bertz CT molecular complexity index is 1180. The van der Waals surface area contributed by atoms with Crippen LogP contribution in [0.5, 0.6) is 0 Å². The van der Waals surface area contributed by atoms with Gasteiger partial charge in [0.15, 0.2) is 6.10 Å². The van der Waals surface area contributed by atoms with Gasteiger partial charge >= 0.3 is 19.8 Å². The highest BCUT2D eigenvalue weighted by molar-refractivity contribution is 7.46. The molecule has 0 rings (SSSR count). The average molecular weight is 779 g/mol. The molecule has 0 saturated heterocycles. The van der Waals surface area contributed by atoms with Gasteiger partial charge in [0.05, 0.1) is 18.8 Å². The highest BCUT2D eigenvalue weighted by atomic mass is 31.2. The minimum absolute atomic E-state index is 0.0514. The van der Waals surface area contributed by atoms with E-state index in [1.54, 1.807) is 18.2 Å². The number of ether oxygens (including phenoxy) is 2. The number of hydrogen-bond donors (Lipinski definition) is 4. The van der Waals surface area contributed by atoms with E-state index in [0.717, 1.165) is 44.9 Å². The molecule has 0 saturated carbocycles. The Hall–Kier alpha value is -2.85. The first kappa shape index (κ1) is 51.1. The first-order chi connectivity index (χ1) is 26.1. The lowest BCUT2D eigenvalue weighted by atomic mass is 10.1. The van der Waals surface area contributed by atoms with Crippen molar-refractivity contribution in [1.82, 2.24) is 0 Å². The van der Waals surface area contributed by atoms with Crippen molar-refractivity contribution >= 4 is 19.8 Å². The van der Waals surface area contributed by atoms with Crippen LogP contribution in [-0.4, -0.2) is 63.5 Å². The second-order valence-electron chi connectivity index (χ2n) is 13.3. The van der Waals surface area contributed by atoms with Crippen molar-refractivity contribution in [3.8, 4) is 0 Å². The Kier molecular flexibility index (Phi) is 35.1. The molecule has 0 heterocycles. The maximum atomic E-state index is 12.4. The molecule has 3 atom stereocenters. The van der Waals surface area contributed by atoms with E-state index in [1.165, 1.54) is 38.5 Å². The van der Waals surface area contributed by atoms with Gasteiger partial charge in [-0.25, -0.2) is 4.57 Å². The number of rotatable bonds is 35. The van der Waals surface area contributed by atoms with Crippen LogP contribution < -0.4 is 0 Å². The van der Waals surface area contributed by atoms with Crippen molar-refractivity contribution in [2.45, 2.75) is 161 Å². The molecule has 0 aromatic carbocycles. The summed E-state index contributed by atoms with van der Waals surface area (Å²) >= 11 is 0. The molecule has 0 aromatic heterocycles. The zero-order valence-corrected chi connectivity index (χ0v) is 34.0. The summed E-state index contributed by atoms with van der Waals surface area (Å²) < 4.78 is 26.1. The number of aliphatic hydroxyl groups excluding tert-OH is 2. The fourth-order valence-electron chi connectivity index (χ4n) is 5.01. The topological polar surface area (TPSA) is 160 Å². The summed E-state index contributed by atoms with van der Waals surface area (Å²) in [6.07, 6.45) is 42.4. The average Bonchev–Trinajstić information content (AvgIpc) is 3.13. The third-order valence-electron chi connectivity index (χ3n) is 8.09. The molecule has 4 N–H and O–H groups in total. The molecule has 0 radical (unpaired) electrons. The van der Waals surface area contributed by atoms with Crippen LogP contribution >= 0.6 is 7.82 Å². The number of unbranched alkanes of at least 4 members (excludes halogenated alkanes) is 9. The fourth-order valence-corrected chi connectivity index (χ4v) is 5.37. The Balaban J connectivity index is 4.30. The SMILES string of the molecule is CCCCCCCC/C=C\C/C=C\C/C=C\CCCC(=O)OC[C@H](COP(=O)(O)O)OC(=O)CCC[C@H](O)/C=C/C=C\C/C=C\C=C\[C@H](O)CCCCC. The third kappa shape index (κ3) is 38.9. The van der Waals surface area contributed by atoms with Crippen molar-refractivity contribution < 1.29 is 48.2 Å². The van der Waals surface area contributed by atoms with Crippen LogP contribution in [0, 0.1) is 0 Å². The molecule has 0 aliphatic rings. The van der Waals surface area contributed by atoms with Crippen LogP contribution in [0.3, 0.4) is 0 Å². The number of carbonyl (C=O) groups is 2. The fraction of sp³-hybridized carbons (Fsp3) is 0.628. The van der Waals surface area contributed by atoms with Crippen molar-refractivity contribution in [2.75, 3.05) is 13.2 Å². The van der Waals surface area contributed by atoms with E-state index in [9.17, 15) is 24.4 Å². The van der Waals surface area contributed by atoms with Gasteiger partial charge in [-0.2, -0.15) is 0 Å². The molecule has 0 aliphatic heterocycles. The van der Waals surface area contributed by atoms with E-state index in [4.69, 9.17) is 19.3 Å². The molecule has 0 spiro atoms. The van der Waals surface area contributed by atoms with Crippen molar-refractivity contribution in [2.24, 2.45) is 0 Å². The largest absolute Gasteiger partial charge is 0.469 e. The lowest BCUT2D eigenvalue weighted by Gasteiger charge is -2.18. The maximum absolute atomic E-state index is 12.4. The minimum Gasteiger partial charge on any atom is -0.462 e. The summed E-state index contributed by atoms with van der Waals surface area (Å²) in [5.41, 5.74) is 0. The maximum Gasteiger partial charge on any atom is 0.469 e. The van der Waals surface area contributed by atoms with Gasteiger partial charge in [-0.05, 0) is 64.2 Å². The molecule has 0 fully saturated rings. The van der Waals surface area contributed by atoms with E-state index in [-0.39, 0.29) is 12.8 Å². The van der Waals surface area contributed by atoms with Crippen molar-refractivity contribution in [3.63, 3.8) is 0 Å². The zero-order chi connectivity index (χ0) is 40.0. The van der Waals surface area contributed by atoms with Crippen molar-refractivity contribution in [3.05, 3.63) is 85.1 Å². The highest BCUT2D eigenvalue weighted by Crippen LogP contribution is 2.36. The summed E-state index contributed by atoms with van der Waals surface area (Å²) in [5.74, 6) is -1.18. The first-order valence-electron chi connectivity index (χ1n) is 20.1. The zero-order valence-electron chi connectivity index (χ0n) is 33.1. The van der Waals surface area contributed by atoms with E-state index in [2.05, 4.69) is 42.7 Å². The van der Waals surface area contributed by atoms with Crippen LogP contribution in [0.4, 0.5) is 0 Å². The van der Waals surface area contributed by atoms with Gasteiger partial charge in [-0.1, -0.05) is 150 Å². The molecule has 0 unspecified atom stereocenters. The molecular weight excluding hydrogens is 707 g/mol. The normalized spacial score (nSPS) is 14.6. The van der Waals surface area contributed by atoms with Crippen molar-refractivity contribution in [1.29, 1.82) is 0 Å². The molecule has 0 aliphatic carbocycles. The van der Waals surface area contributed by atoms with E-state index in [0.29, 0.717) is 32.1 Å². The van der Waals surface area contributed by atoms with Gasteiger partial charge in [-0.3, -0.25) is 14.1 Å². The summed E-state index contributed by atoms with van der Waals surface area (Å²) in [6.45, 7) is 3.33. The lowest BCUT2D eigenvalue weighted by Crippen LogP contribution is -2.29. The number of phosphoric acid groups is 1. The number of hydrogen-bond acceptors (Lipinski definition) is 8. The molecule has 54 heavy (non-hydrogen) atoms. The van der Waals surface area contributed by atoms with Gasteiger partial charge in [0.2, 0.25) is 0 Å². The van der Waals surface area contributed by atoms with Crippen LogP contribution in [0.15, 0.2) is 85.1 Å². The Morgan fingerprint density at radius 3 is 1.69 bits per heavy atom. The highest BCUT2D eigenvalue weighted by Gasteiger charge is 2.23.